The molecule has 2 N–H and O–H groups in total. The van der Waals surface area contributed by atoms with E-state index in [1.807, 2.05) is 19.1 Å². The fourth-order valence-corrected chi connectivity index (χ4v) is 3.41. The predicted octanol–water partition coefficient (Wildman–Crippen LogP) is 3.05. The van der Waals surface area contributed by atoms with E-state index in [2.05, 4.69) is 29.5 Å². The summed E-state index contributed by atoms with van der Waals surface area (Å²) in [5, 5.41) is 6.51. The topological polar surface area (TPSA) is 73.8 Å². The highest BCUT2D eigenvalue weighted by molar-refractivity contribution is 14.0. The van der Waals surface area contributed by atoms with Crippen molar-refractivity contribution in [3.8, 4) is 0 Å². The SMILES string of the molecule is CCNC(=NCc1ccccc1S(=O)(=O)N(C)C)NCCCC(C)C.I. The lowest BCUT2D eigenvalue weighted by Crippen LogP contribution is -2.37. The van der Waals surface area contributed by atoms with E-state index in [9.17, 15) is 8.42 Å². The van der Waals surface area contributed by atoms with E-state index in [-0.39, 0.29) is 24.0 Å². The highest BCUT2D eigenvalue weighted by Gasteiger charge is 2.20. The van der Waals surface area contributed by atoms with Gasteiger partial charge >= 0.3 is 0 Å². The fraction of sp³-hybridized carbons (Fsp3) is 0.611. The van der Waals surface area contributed by atoms with Crippen LogP contribution in [-0.4, -0.2) is 45.9 Å². The van der Waals surface area contributed by atoms with Crippen molar-refractivity contribution in [2.24, 2.45) is 10.9 Å². The summed E-state index contributed by atoms with van der Waals surface area (Å²) in [5.41, 5.74) is 0.690. The summed E-state index contributed by atoms with van der Waals surface area (Å²) in [6.07, 6.45) is 2.24. The van der Waals surface area contributed by atoms with Crippen LogP contribution in [0.1, 0.15) is 39.2 Å². The van der Waals surface area contributed by atoms with Crippen LogP contribution in [0.25, 0.3) is 0 Å². The van der Waals surface area contributed by atoms with Crippen LogP contribution >= 0.6 is 24.0 Å². The minimum atomic E-state index is -3.47. The van der Waals surface area contributed by atoms with Gasteiger partial charge in [-0.3, -0.25) is 0 Å². The van der Waals surface area contributed by atoms with Crippen LogP contribution in [0.3, 0.4) is 0 Å². The maximum Gasteiger partial charge on any atom is 0.242 e. The Balaban J connectivity index is 0.00000625. The summed E-state index contributed by atoms with van der Waals surface area (Å²) in [6.45, 7) is 8.34. The van der Waals surface area contributed by atoms with Crippen LogP contribution in [0.2, 0.25) is 0 Å². The third kappa shape index (κ3) is 8.22. The average molecular weight is 496 g/mol. The number of guanidine groups is 1. The molecule has 0 unspecified atom stereocenters. The number of hydrogen-bond acceptors (Lipinski definition) is 3. The summed E-state index contributed by atoms with van der Waals surface area (Å²) in [5.74, 6) is 1.40. The first-order chi connectivity index (χ1) is 11.8. The van der Waals surface area contributed by atoms with Gasteiger partial charge in [-0.05, 0) is 37.3 Å². The lowest BCUT2D eigenvalue weighted by atomic mass is 10.1. The number of nitrogens with zero attached hydrogens (tertiary/aromatic N) is 2. The monoisotopic (exact) mass is 496 g/mol. The average Bonchev–Trinajstić information content (AvgIpc) is 2.56. The van der Waals surface area contributed by atoms with Gasteiger partial charge in [0, 0.05) is 27.2 Å². The molecule has 0 aliphatic carbocycles. The minimum absolute atomic E-state index is 0. The number of rotatable bonds is 9. The molecule has 0 saturated heterocycles. The molecule has 0 radical (unpaired) electrons. The number of benzene rings is 1. The van der Waals surface area contributed by atoms with E-state index in [1.165, 1.54) is 18.4 Å². The van der Waals surface area contributed by atoms with Gasteiger partial charge in [-0.25, -0.2) is 17.7 Å². The van der Waals surface area contributed by atoms with Gasteiger partial charge in [-0.1, -0.05) is 32.0 Å². The van der Waals surface area contributed by atoms with Crippen molar-refractivity contribution in [3.63, 3.8) is 0 Å². The second-order valence-electron chi connectivity index (χ2n) is 6.55. The molecule has 26 heavy (non-hydrogen) atoms. The van der Waals surface area contributed by atoms with E-state index in [0.717, 1.165) is 25.9 Å². The first-order valence-corrected chi connectivity index (χ1v) is 10.3. The Morgan fingerprint density at radius 3 is 2.42 bits per heavy atom. The Morgan fingerprint density at radius 1 is 1.19 bits per heavy atom. The van der Waals surface area contributed by atoms with Crippen molar-refractivity contribution in [1.82, 2.24) is 14.9 Å². The molecule has 0 spiro atoms. The number of aliphatic imine (C=N–C) groups is 1. The third-order valence-electron chi connectivity index (χ3n) is 3.73. The molecule has 0 bridgehead atoms. The third-order valence-corrected chi connectivity index (χ3v) is 5.65. The standard InChI is InChI=1S/C18H32N4O2S.HI/c1-6-19-18(20-13-9-10-15(2)3)21-14-16-11-7-8-12-17(16)25(23,24)22(4)5;/h7-8,11-12,15H,6,9-10,13-14H2,1-5H3,(H2,19,20,21);1H. The summed E-state index contributed by atoms with van der Waals surface area (Å²) in [7, 11) is -0.400. The molecule has 0 amide bonds. The van der Waals surface area contributed by atoms with Crippen LogP contribution < -0.4 is 10.6 Å². The first kappa shape index (κ1) is 25.1. The summed E-state index contributed by atoms with van der Waals surface area (Å²) >= 11 is 0. The van der Waals surface area contributed by atoms with E-state index in [4.69, 9.17) is 0 Å². The highest BCUT2D eigenvalue weighted by Crippen LogP contribution is 2.19. The lowest BCUT2D eigenvalue weighted by Gasteiger charge is -2.15. The van der Waals surface area contributed by atoms with Crippen LogP contribution in [0, 0.1) is 5.92 Å². The second-order valence-corrected chi connectivity index (χ2v) is 8.67. The molecule has 1 rings (SSSR count). The van der Waals surface area contributed by atoms with Crippen LogP contribution in [0.5, 0.6) is 0 Å². The molecular weight excluding hydrogens is 463 g/mol. The number of nitrogens with one attached hydrogen (secondary N) is 2. The molecule has 8 heteroatoms. The van der Waals surface area contributed by atoms with Crippen molar-refractivity contribution in [1.29, 1.82) is 0 Å². The zero-order chi connectivity index (χ0) is 18.9. The van der Waals surface area contributed by atoms with Crippen LogP contribution in [0.4, 0.5) is 0 Å². The minimum Gasteiger partial charge on any atom is -0.357 e. The maximum atomic E-state index is 12.4. The van der Waals surface area contributed by atoms with Gasteiger partial charge in [0.25, 0.3) is 0 Å². The lowest BCUT2D eigenvalue weighted by molar-refractivity contribution is 0.519. The Hall–Kier alpha value is -0.870. The van der Waals surface area contributed by atoms with Gasteiger partial charge < -0.3 is 10.6 Å². The molecule has 150 valence electrons. The Labute approximate surface area is 175 Å². The molecule has 6 nitrogen and oxygen atoms in total. The van der Waals surface area contributed by atoms with Crippen molar-refractivity contribution in [3.05, 3.63) is 29.8 Å². The molecule has 0 heterocycles. The maximum absolute atomic E-state index is 12.4. The van der Waals surface area contributed by atoms with Crippen molar-refractivity contribution >= 4 is 40.0 Å². The van der Waals surface area contributed by atoms with Crippen molar-refractivity contribution < 1.29 is 8.42 Å². The van der Waals surface area contributed by atoms with Gasteiger partial charge in [0.2, 0.25) is 10.0 Å². The second kappa shape index (κ2) is 12.5. The first-order valence-electron chi connectivity index (χ1n) is 8.81. The summed E-state index contributed by atoms with van der Waals surface area (Å²) < 4.78 is 26.1. The molecule has 1 aromatic rings. The van der Waals surface area contributed by atoms with E-state index in [0.29, 0.717) is 28.9 Å². The molecule has 0 aliphatic rings. The van der Waals surface area contributed by atoms with Gasteiger partial charge in [0.15, 0.2) is 5.96 Å². The van der Waals surface area contributed by atoms with Gasteiger partial charge in [0.05, 0.1) is 11.4 Å². The van der Waals surface area contributed by atoms with Crippen molar-refractivity contribution in [2.45, 2.75) is 45.1 Å². The Bertz CT molecular complexity index is 661. The van der Waals surface area contributed by atoms with Crippen LogP contribution in [0.15, 0.2) is 34.2 Å². The number of hydrogen-bond donors (Lipinski definition) is 2. The predicted molar refractivity (Wildman–Crippen MR) is 120 cm³/mol. The molecule has 0 aromatic heterocycles. The Kier molecular flexibility index (Phi) is 12.1. The normalized spacial score (nSPS) is 12.2. The molecule has 0 saturated carbocycles. The number of sulfonamides is 1. The quantitative estimate of drug-likeness (QED) is 0.239. The number of halogens is 1. The molecule has 0 atom stereocenters. The molecule has 1 aromatic carbocycles. The highest BCUT2D eigenvalue weighted by atomic mass is 127. The Morgan fingerprint density at radius 2 is 1.85 bits per heavy atom. The fourth-order valence-electron chi connectivity index (χ4n) is 2.31. The van der Waals surface area contributed by atoms with Crippen LogP contribution in [-0.2, 0) is 16.6 Å². The zero-order valence-corrected chi connectivity index (χ0v) is 19.6. The molecule has 0 fully saturated rings. The van der Waals surface area contributed by atoms with E-state index in [1.54, 1.807) is 12.1 Å². The summed E-state index contributed by atoms with van der Waals surface area (Å²) in [6, 6.07) is 7.01. The van der Waals surface area contributed by atoms with E-state index >= 15 is 0 Å². The van der Waals surface area contributed by atoms with Gasteiger partial charge in [-0.15, -0.1) is 24.0 Å². The van der Waals surface area contributed by atoms with Gasteiger partial charge in [-0.2, -0.15) is 0 Å². The summed E-state index contributed by atoms with van der Waals surface area (Å²) in [4.78, 5) is 4.85. The smallest absolute Gasteiger partial charge is 0.242 e. The van der Waals surface area contributed by atoms with Crippen molar-refractivity contribution in [2.75, 3.05) is 27.2 Å². The van der Waals surface area contributed by atoms with E-state index < -0.39 is 10.0 Å². The molecular formula is C18H33IN4O2S. The molecule has 0 aliphatic heterocycles. The largest absolute Gasteiger partial charge is 0.357 e. The van der Waals surface area contributed by atoms with Gasteiger partial charge in [0.1, 0.15) is 0 Å². The zero-order valence-electron chi connectivity index (χ0n) is 16.4.